The van der Waals surface area contributed by atoms with E-state index in [0.717, 1.165) is 6.33 Å². The molecule has 8 N–H and O–H groups in total. The van der Waals surface area contributed by atoms with Crippen molar-refractivity contribution in [2.24, 2.45) is 0 Å². The third-order valence-corrected chi connectivity index (χ3v) is 8.22. The van der Waals surface area contributed by atoms with Gasteiger partial charge in [0.15, 0.2) is 17.7 Å². The standard InChI is InChI=1S/C10H16N5O12P3S/c11-8-5-9(13-2-12-8)15(3-14-5)10-7(17)6(16)4(25-10)1-24-28(18,19)26-29(20,21)27-30(22,23)31/h2-4,6-7,10,16-17H,1H2,(H,18,19)(H,20,21)(H2,11,12,13)(H2,22,23,31)/p+1/t4-,6-,7-,10-/m1/s1. The molecule has 1 fully saturated rings. The Labute approximate surface area is 179 Å². The normalized spacial score (nSPS) is 28.5. The Morgan fingerprint density at radius 3 is 2.45 bits per heavy atom. The van der Waals surface area contributed by atoms with Crippen LogP contribution in [0.3, 0.4) is 0 Å². The van der Waals surface area contributed by atoms with Gasteiger partial charge in [0.2, 0.25) is 0 Å². The molecule has 31 heavy (non-hydrogen) atoms. The minimum Gasteiger partial charge on any atom is -0.387 e. The van der Waals surface area contributed by atoms with E-state index >= 15 is 0 Å². The van der Waals surface area contributed by atoms with Crippen LogP contribution in [0.2, 0.25) is 0 Å². The van der Waals surface area contributed by atoms with E-state index in [1.54, 1.807) is 0 Å². The summed E-state index contributed by atoms with van der Waals surface area (Å²) >= 11 is 3.97. The summed E-state index contributed by atoms with van der Waals surface area (Å²) in [7, 11) is -10.8. The highest BCUT2D eigenvalue weighted by Gasteiger charge is 2.46. The first-order chi connectivity index (χ1) is 14.2. The van der Waals surface area contributed by atoms with Crippen LogP contribution in [0.25, 0.3) is 11.2 Å². The van der Waals surface area contributed by atoms with Crippen molar-refractivity contribution < 1.29 is 58.2 Å². The molecule has 174 valence electrons. The van der Waals surface area contributed by atoms with Crippen LogP contribution in [-0.4, -0.2) is 74.2 Å². The smallest absolute Gasteiger partial charge is 0.387 e. The molecule has 1 saturated heterocycles. The fourth-order valence-electron chi connectivity index (χ4n) is 2.62. The fraction of sp³-hybridized carbons (Fsp3) is 0.500. The number of anilines is 1. The number of aliphatic hydroxyl groups is 2. The number of imidazole rings is 1. The zero-order chi connectivity index (χ0) is 23.2. The molecule has 1 aliphatic heterocycles. The van der Waals surface area contributed by atoms with Crippen LogP contribution < -0.4 is 5.73 Å². The molecule has 2 aromatic rings. The minimum absolute atomic E-state index is 0. The highest BCUT2D eigenvalue weighted by atomic mass is 32.5. The molecular formula is C10H17N5O12P3S+. The van der Waals surface area contributed by atoms with E-state index in [0.29, 0.717) is 0 Å². The lowest BCUT2D eigenvalue weighted by Gasteiger charge is -2.19. The van der Waals surface area contributed by atoms with Gasteiger partial charge in [-0.3, -0.25) is 9.09 Å². The molecule has 3 rings (SSSR count). The van der Waals surface area contributed by atoms with Gasteiger partial charge in [-0.1, -0.05) is 0 Å². The number of rotatable bonds is 8. The number of hydrogen-bond acceptors (Lipinski definition) is 13. The summed E-state index contributed by atoms with van der Waals surface area (Å²) in [5.74, 6) is 0.0574. The van der Waals surface area contributed by atoms with Crippen molar-refractivity contribution >= 4 is 51.2 Å². The predicted octanol–water partition coefficient (Wildman–Crippen LogP) is -1.40. The monoisotopic (exact) mass is 524 g/mol. The first kappa shape index (κ1) is 24.7. The van der Waals surface area contributed by atoms with Crippen LogP contribution in [0.4, 0.5) is 5.82 Å². The Balaban J connectivity index is 0.00000363. The maximum atomic E-state index is 11.9. The molecule has 0 amide bonds. The van der Waals surface area contributed by atoms with Gasteiger partial charge in [-0.05, 0) is 11.8 Å². The lowest BCUT2D eigenvalue weighted by Crippen LogP contribution is -2.33. The second-order valence-corrected chi connectivity index (χ2v) is 11.9. The van der Waals surface area contributed by atoms with E-state index in [9.17, 15) is 29.1 Å². The highest BCUT2D eigenvalue weighted by Crippen LogP contribution is 2.66. The van der Waals surface area contributed by atoms with Crippen molar-refractivity contribution in [3.05, 3.63) is 12.7 Å². The number of aliphatic hydroxyl groups excluding tert-OH is 2. The summed E-state index contributed by atoms with van der Waals surface area (Å²) in [4.78, 5) is 48.2. The lowest BCUT2D eigenvalue weighted by molar-refractivity contribution is -0.0503. The Bertz CT molecular complexity index is 1120. The molecule has 0 aliphatic carbocycles. The molecule has 2 unspecified atom stereocenters. The van der Waals surface area contributed by atoms with Gasteiger partial charge in [0, 0.05) is 0 Å². The van der Waals surface area contributed by atoms with E-state index in [1.165, 1.54) is 10.9 Å². The van der Waals surface area contributed by atoms with Crippen molar-refractivity contribution in [1.29, 1.82) is 0 Å². The number of aromatic nitrogens is 4. The molecule has 0 saturated carbocycles. The van der Waals surface area contributed by atoms with Gasteiger partial charge in [-0.2, -0.15) is 4.31 Å². The Kier molecular flexibility index (Phi) is 6.99. The van der Waals surface area contributed by atoms with Crippen LogP contribution >= 0.6 is 22.4 Å². The summed E-state index contributed by atoms with van der Waals surface area (Å²) in [5.41, 5.74) is 6.05. The number of nitrogens with zero attached hydrogens (tertiary/aromatic N) is 4. The number of hydrogen-bond donors (Lipinski definition) is 7. The van der Waals surface area contributed by atoms with Gasteiger partial charge in [0.25, 0.3) is 0 Å². The minimum atomic E-state index is -5.49. The number of nitrogens with two attached hydrogens (primary N) is 1. The average molecular weight is 524 g/mol. The lowest BCUT2D eigenvalue weighted by atomic mass is 10.1. The van der Waals surface area contributed by atoms with E-state index in [2.05, 4.69) is 39.9 Å². The molecule has 0 spiro atoms. The van der Waals surface area contributed by atoms with E-state index in [4.69, 9.17) is 20.3 Å². The maximum Gasteiger partial charge on any atom is 1.00 e. The third kappa shape index (κ3) is 5.90. The molecule has 1 aliphatic rings. The largest absolute Gasteiger partial charge is 1.00 e. The van der Waals surface area contributed by atoms with Gasteiger partial charge in [-0.15, -0.1) is 0 Å². The zero-order valence-electron chi connectivity index (χ0n) is 15.9. The van der Waals surface area contributed by atoms with E-state index in [1.807, 2.05) is 0 Å². The van der Waals surface area contributed by atoms with Crippen molar-refractivity contribution in [1.82, 2.24) is 19.5 Å². The van der Waals surface area contributed by atoms with Crippen LogP contribution in [0.15, 0.2) is 12.7 Å². The fourth-order valence-corrected chi connectivity index (χ4v) is 6.41. The molecule has 21 heteroatoms. The summed E-state index contributed by atoms with van der Waals surface area (Å²) in [6.45, 7) is -5.61. The zero-order valence-corrected chi connectivity index (χ0v) is 18.4. The molecule has 17 nitrogen and oxygen atoms in total. The number of nitrogen functional groups attached to an aromatic ring is 1. The number of phosphoric acid groups is 2. The molecule has 2 aromatic heterocycles. The summed E-state index contributed by atoms with van der Waals surface area (Å²) in [6.07, 6.45) is -3.53. The van der Waals surface area contributed by atoms with Crippen LogP contribution in [0, 0.1) is 0 Å². The summed E-state index contributed by atoms with van der Waals surface area (Å²) < 4.78 is 42.1. The van der Waals surface area contributed by atoms with E-state index in [-0.39, 0.29) is 18.4 Å². The Morgan fingerprint density at radius 1 is 1.13 bits per heavy atom. The van der Waals surface area contributed by atoms with Crippen LogP contribution in [-0.2, 0) is 38.8 Å². The highest BCUT2D eigenvalue weighted by molar-refractivity contribution is 8.08. The second-order valence-electron chi connectivity index (χ2n) is 6.02. The summed E-state index contributed by atoms with van der Waals surface area (Å²) in [6, 6.07) is 0. The van der Waals surface area contributed by atoms with Crippen molar-refractivity contribution in [3.63, 3.8) is 0 Å². The molecule has 3 heterocycles. The average Bonchev–Trinajstić information content (AvgIpc) is 3.13. The number of fused-ring (bicyclic) bond motifs is 1. The SMILES string of the molecule is Nc1ncnc2c1ncn2[C@@H]1O[C@H](COP(=O)(O)OP(=O)(O)OP(O)(O)=S)[C@@H](O)[C@H]1O.[H+]. The molecular weight excluding hydrogens is 507 g/mol. The van der Waals surface area contributed by atoms with Crippen molar-refractivity contribution in [3.8, 4) is 0 Å². The second kappa shape index (κ2) is 8.78. The molecule has 6 atom stereocenters. The quantitative estimate of drug-likeness (QED) is 0.196. The number of phosphoric ester groups is 1. The van der Waals surface area contributed by atoms with Gasteiger partial charge in [0.1, 0.15) is 30.2 Å². The van der Waals surface area contributed by atoms with Crippen molar-refractivity contribution in [2.75, 3.05) is 12.3 Å². The third-order valence-electron chi connectivity index (χ3n) is 3.82. The van der Waals surface area contributed by atoms with Crippen LogP contribution in [0.5, 0.6) is 0 Å². The van der Waals surface area contributed by atoms with E-state index < -0.39 is 53.5 Å². The first-order valence-electron chi connectivity index (χ1n) is 7.92. The van der Waals surface area contributed by atoms with Gasteiger partial charge in [-0.25, -0.2) is 28.4 Å². The van der Waals surface area contributed by atoms with Gasteiger partial charge in [0.05, 0.1) is 12.9 Å². The number of ether oxygens (including phenoxy) is 1. The van der Waals surface area contributed by atoms with Crippen LogP contribution in [0.1, 0.15) is 7.65 Å². The predicted molar refractivity (Wildman–Crippen MR) is 103 cm³/mol. The molecule has 0 radical (unpaired) electrons. The Morgan fingerprint density at radius 2 is 1.81 bits per heavy atom. The maximum absolute atomic E-state index is 11.9. The topological polar surface area (TPSA) is 262 Å². The molecule has 0 aromatic carbocycles. The van der Waals surface area contributed by atoms with Gasteiger partial charge >= 0.3 is 23.8 Å². The Hall–Kier alpha value is -0.940. The van der Waals surface area contributed by atoms with Crippen molar-refractivity contribution in [2.45, 2.75) is 24.5 Å². The summed E-state index contributed by atoms with van der Waals surface area (Å²) in [5, 5.41) is 20.5. The van der Waals surface area contributed by atoms with Gasteiger partial charge < -0.3 is 40.3 Å². The first-order valence-corrected chi connectivity index (χ1v) is 13.5. The molecule has 0 bridgehead atoms.